The number of rotatable bonds is 4. The Hall–Kier alpha value is -4.13. The number of aryl methyl sites for hydroxylation is 2. The maximum absolute atomic E-state index is 13.5. The molecule has 0 aliphatic heterocycles. The van der Waals surface area contributed by atoms with Crippen molar-refractivity contribution < 1.29 is 28.9 Å². The summed E-state index contributed by atoms with van der Waals surface area (Å²) in [4.78, 5) is 29.9. The van der Waals surface area contributed by atoms with Crippen LogP contribution in [-0.2, 0) is 4.74 Å². The number of aromatic nitrogens is 1. The molecule has 0 radical (unpaired) electrons. The zero-order valence-corrected chi connectivity index (χ0v) is 18.1. The van der Waals surface area contributed by atoms with E-state index in [1.54, 1.807) is 50.2 Å². The van der Waals surface area contributed by atoms with Gasteiger partial charge in [-0.05, 0) is 73.5 Å². The van der Waals surface area contributed by atoms with Crippen LogP contribution in [-0.4, -0.2) is 36.2 Å². The summed E-state index contributed by atoms with van der Waals surface area (Å²) in [6.45, 7) is 3.50. The van der Waals surface area contributed by atoms with Gasteiger partial charge in [-0.3, -0.25) is 0 Å². The number of ether oxygens (including phenoxy) is 3. The van der Waals surface area contributed by atoms with E-state index in [0.29, 0.717) is 50.0 Å². The largest absolute Gasteiger partial charge is 0.508 e. The number of benzene rings is 3. The first-order valence-corrected chi connectivity index (χ1v) is 9.84. The second kappa shape index (κ2) is 8.19. The number of aromatic hydroxyl groups is 1. The van der Waals surface area contributed by atoms with Crippen molar-refractivity contribution in [2.45, 2.75) is 13.8 Å². The van der Waals surface area contributed by atoms with Crippen molar-refractivity contribution in [3.63, 3.8) is 0 Å². The minimum Gasteiger partial charge on any atom is -0.508 e. The van der Waals surface area contributed by atoms with E-state index in [-0.39, 0.29) is 11.3 Å². The molecule has 0 saturated heterocycles. The van der Waals surface area contributed by atoms with Gasteiger partial charge in [-0.2, -0.15) is 0 Å². The number of fused-ring (bicyclic) bond motifs is 2. The summed E-state index contributed by atoms with van der Waals surface area (Å²) >= 11 is 0. The summed E-state index contributed by atoms with van der Waals surface area (Å²) in [6, 6.07) is 13.1. The van der Waals surface area contributed by atoms with Crippen LogP contribution in [0.1, 0.15) is 31.8 Å². The standard InChI is InChI=1S/C25H21NO6/c1-13-9-15(24(28)31-4)10-14(2)23(13)32-25(29)22-18-11-16(27)5-7-20(18)26-21-8-6-17(30-3)12-19(21)22/h5-12,27H,1-4H3. The third-order valence-corrected chi connectivity index (χ3v) is 5.24. The molecule has 0 amide bonds. The summed E-state index contributed by atoms with van der Waals surface area (Å²) in [5.74, 6) is -0.169. The molecule has 0 saturated carbocycles. The second-order valence-corrected chi connectivity index (χ2v) is 7.39. The van der Waals surface area contributed by atoms with E-state index in [1.807, 2.05) is 0 Å². The number of nitrogens with zero attached hydrogens (tertiary/aromatic N) is 1. The summed E-state index contributed by atoms with van der Waals surface area (Å²) in [5.41, 5.74) is 2.99. The van der Waals surface area contributed by atoms with Crippen LogP contribution in [0.2, 0.25) is 0 Å². The lowest BCUT2D eigenvalue weighted by Crippen LogP contribution is -2.13. The van der Waals surface area contributed by atoms with E-state index in [4.69, 9.17) is 14.2 Å². The number of carbonyl (C=O) groups is 2. The molecule has 0 aliphatic rings. The van der Waals surface area contributed by atoms with E-state index in [9.17, 15) is 14.7 Å². The van der Waals surface area contributed by atoms with E-state index in [1.165, 1.54) is 26.4 Å². The third-order valence-electron chi connectivity index (χ3n) is 5.24. The fourth-order valence-electron chi connectivity index (χ4n) is 3.75. The molecule has 1 aromatic heterocycles. The van der Waals surface area contributed by atoms with Gasteiger partial charge in [0.05, 0.1) is 36.4 Å². The highest BCUT2D eigenvalue weighted by molar-refractivity contribution is 6.15. The van der Waals surface area contributed by atoms with Gasteiger partial charge in [-0.15, -0.1) is 0 Å². The molecule has 0 fully saturated rings. The predicted molar refractivity (Wildman–Crippen MR) is 120 cm³/mol. The van der Waals surface area contributed by atoms with E-state index >= 15 is 0 Å². The Morgan fingerprint density at radius 2 is 1.47 bits per heavy atom. The number of esters is 2. The highest BCUT2D eigenvalue weighted by atomic mass is 16.5. The average Bonchev–Trinajstić information content (AvgIpc) is 2.78. The topological polar surface area (TPSA) is 95.0 Å². The molecule has 4 aromatic rings. The predicted octanol–water partition coefficient (Wildman–Crippen LogP) is 4.72. The molecular weight excluding hydrogens is 410 g/mol. The Kier molecular flexibility index (Phi) is 5.40. The van der Waals surface area contributed by atoms with Crippen LogP contribution in [0.4, 0.5) is 0 Å². The molecule has 1 heterocycles. The first kappa shape index (κ1) is 21.1. The molecule has 7 heteroatoms. The SMILES string of the molecule is COC(=O)c1cc(C)c(OC(=O)c2c3cc(O)ccc3nc3ccc(OC)cc23)c(C)c1. The highest BCUT2D eigenvalue weighted by Gasteiger charge is 2.22. The average molecular weight is 431 g/mol. The zero-order valence-electron chi connectivity index (χ0n) is 18.1. The van der Waals surface area contributed by atoms with Crippen molar-refractivity contribution in [3.05, 3.63) is 70.8 Å². The van der Waals surface area contributed by atoms with Crippen molar-refractivity contribution in [3.8, 4) is 17.2 Å². The van der Waals surface area contributed by atoms with Crippen LogP contribution in [0.15, 0.2) is 48.5 Å². The van der Waals surface area contributed by atoms with Crippen molar-refractivity contribution in [1.82, 2.24) is 4.98 Å². The Balaban J connectivity index is 1.89. The number of carbonyl (C=O) groups excluding carboxylic acids is 2. The summed E-state index contributed by atoms with van der Waals surface area (Å²) in [6.07, 6.45) is 0. The molecule has 162 valence electrons. The van der Waals surface area contributed by atoms with Crippen LogP contribution >= 0.6 is 0 Å². The number of hydrogen-bond acceptors (Lipinski definition) is 7. The van der Waals surface area contributed by atoms with Gasteiger partial charge in [-0.1, -0.05) is 0 Å². The van der Waals surface area contributed by atoms with Crippen LogP contribution in [0.5, 0.6) is 17.2 Å². The van der Waals surface area contributed by atoms with Crippen molar-refractivity contribution >= 4 is 33.7 Å². The van der Waals surface area contributed by atoms with E-state index in [0.717, 1.165) is 0 Å². The van der Waals surface area contributed by atoms with Crippen molar-refractivity contribution in [2.24, 2.45) is 0 Å². The van der Waals surface area contributed by atoms with Gasteiger partial charge in [0.2, 0.25) is 0 Å². The van der Waals surface area contributed by atoms with Gasteiger partial charge in [0.25, 0.3) is 0 Å². The third kappa shape index (κ3) is 3.69. The Morgan fingerprint density at radius 1 is 0.844 bits per heavy atom. The lowest BCUT2D eigenvalue weighted by Gasteiger charge is -2.15. The van der Waals surface area contributed by atoms with Gasteiger partial charge in [0, 0.05) is 10.8 Å². The quantitative estimate of drug-likeness (QED) is 0.284. The molecule has 0 atom stereocenters. The Labute approximate surface area is 184 Å². The smallest absolute Gasteiger partial charge is 0.344 e. The summed E-state index contributed by atoms with van der Waals surface area (Å²) < 4.78 is 15.9. The van der Waals surface area contributed by atoms with Crippen molar-refractivity contribution in [2.75, 3.05) is 14.2 Å². The highest BCUT2D eigenvalue weighted by Crippen LogP contribution is 2.33. The zero-order chi connectivity index (χ0) is 23.0. The molecule has 1 N–H and O–H groups in total. The fourth-order valence-corrected chi connectivity index (χ4v) is 3.75. The molecule has 0 bridgehead atoms. The molecule has 32 heavy (non-hydrogen) atoms. The summed E-state index contributed by atoms with van der Waals surface area (Å²) in [7, 11) is 2.85. The normalized spacial score (nSPS) is 10.9. The van der Waals surface area contributed by atoms with Gasteiger partial charge in [0.1, 0.15) is 17.2 Å². The van der Waals surface area contributed by atoms with E-state index < -0.39 is 11.9 Å². The first-order valence-electron chi connectivity index (χ1n) is 9.84. The fraction of sp³-hybridized carbons (Fsp3) is 0.160. The first-order chi connectivity index (χ1) is 15.3. The van der Waals surface area contributed by atoms with Crippen LogP contribution < -0.4 is 9.47 Å². The van der Waals surface area contributed by atoms with Gasteiger partial charge >= 0.3 is 11.9 Å². The molecule has 0 aliphatic carbocycles. The van der Waals surface area contributed by atoms with Gasteiger partial charge in [0.15, 0.2) is 0 Å². The number of hydrogen-bond donors (Lipinski definition) is 1. The Bertz CT molecular complexity index is 1370. The maximum atomic E-state index is 13.5. The summed E-state index contributed by atoms with van der Waals surface area (Å²) in [5, 5.41) is 11.0. The van der Waals surface area contributed by atoms with Gasteiger partial charge in [-0.25, -0.2) is 14.6 Å². The minimum atomic E-state index is -0.613. The lowest BCUT2D eigenvalue weighted by molar-refractivity contribution is 0.0600. The van der Waals surface area contributed by atoms with Crippen molar-refractivity contribution in [1.29, 1.82) is 0 Å². The monoisotopic (exact) mass is 431 g/mol. The lowest BCUT2D eigenvalue weighted by atomic mass is 10.0. The molecule has 4 rings (SSSR count). The molecule has 0 spiro atoms. The number of methoxy groups -OCH3 is 2. The molecule has 0 unspecified atom stereocenters. The number of phenols is 1. The maximum Gasteiger partial charge on any atom is 0.344 e. The molecular formula is C25H21NO6. The van der Waals surface area contributed by atoms with Crippen LogP contribution in [0, 0.1) is 13.8 Å². The number of pyridine rings is 1. The second-order valence-electron chi connectivity index (χ2n) is 7.39. The Morgan fingerprint density at radius 3 is 2.09 bits per heavy atom. The van der Waals surface area contributed by atoms with Crippen LogP contribution in [0.25, 0.3) is 21.8 Å². The molecule has 7 nitrogen and oxygen atoms in total. The number of phenolic OH excluding ortho intramolecular Hbond substituents is 1. The van der Waals surface area contributed by atoms with E-state index in [2.05, 4.69) is 4.98 Å². The minimum absolute atomic E-state index is 0.00499. The molecule has 3 aromatic carbocycles. The van der Waals surface area contributed by atoms with Gasteiger partial charge < -0.3 is 19.3 Å². The van der Waals surface area contributed by atoms with Crippen LogP contribution in [0.3, 0.4) is 0 Å².